The number of hydrogen-bond donors (Lipinski definition) is 1. The zero-order valence-electron chi connectivity index (χ0n) is 12.7. The first kappa shape index (κ1) is 16.7. The number of likely N-dealkylation sites (N-methyl/N-ethyl adjacent to an activating group) is 1. The number of nitrogens with zero attached hydrogens (tertiary/aromatic N) is 2. The van der Waals surface area contributed by atoms with Gasteiger partial charge in [-0.2, -0.15) is 17.0 Å². The molecule has 0 saturated carbocycles. The summed E-state index contributed by atoms with van der Waals surface area (Å²) < 4.78 is 32.9. The van der Waals surface area contributed by atoms with E-state index in [1.165, 1.54) is 8.61 Å². The molecule has 2 saturated heterocycles. The van der Waals surface area contributed by atoms with Crippen molar-refractivity contribution in [2.75, 3.05) is 33.3 Å². The fourth-order valence-corrected chi connectivity index (χ4v) is 4.59. The van der Waals surface area contributed by atoms with E-state index in [4.69, 9.17) is 4.74 Å². The smallest absolute Gasteiger partial charge is 0.324 e. The minimum Gasteiger partial charge on any atom is -0.465 e. The zero-order chi connectivity index (χ0) is 15.5. The van der Waals surface area contributed by atoms with Crippen LogP contribution in [-0.4, -0.2) is 68.4 Å². The van der Waals surface area contributed by atoms with Crippen LogP contribution in [0.3, 0.4) is 0 Å². The molecule has 2 rings (SSSR count). The van der Waals surface area contributed by atoms with E-state index in [0.29, 0.717) is 25.9 Å². The fraction of sp³-hybridized carbons (Fsp3) is 0.923. The van der Waals surface area contributed by atoms with Crippen LogP contribution in [-0.2, 0) is 19.7 Å². The number of rotatable bonds is 6. The Bertz CT molecular complexity index is 462. The molecule has 0 amide bonds. The lowest BCUT2D eigenvalue weighted by atomic mass is 10.2. The molecule has 2 heterocycles. The predicted molar refractivity (Wildman–Crippen MR) is 78.9 cm³/mol. The summed E-state index contributed by atoms with van der Waals surface area (Å²) in [4.78, 5) is 11.9. The molecule has 0 spiro atoms. The van der Waals surface area contributed by atoms with E-state index < -0.39 is 22.2 Å². The lowest BCUT2D eigenvalue weighted by Gasteiger charge is -2.29. The number of hydrogen-bond acceptors (Lipinski definition) is 5. The molecular formula is C13H25N3O4S. The van der Waals surface area contributed by atoms with Gasteiger partial charge in [0.15, 0.2) is 0 Å². The summed E-state index contributed by atoms with van der Waals surface area (Å²) in [5.74, 6) is -0.439. The molecule has 8 heteroatoms. The lowest BCUT2D eigenvalue weighted by molar-refractivity contribution is -0.146. The minimum atomic E-state index is -3.61. The van der Waals surface area contributed by atoms with E-state index in [9.17, 15) is 13.2 Å². The molecular weight excluding hydrogens is 294 g/mol. The van der Waals surface area contributed by atoms with Gasteiger partial charge in [-0.1, -0.05) is 0 Å². The van der Waals surface area contributed by atoms with Gasteiger partial charge in [-0.15, -0.1) is 0 Å². The highest BCUT2D eigenvalue weighted by molar-refractivity contribution is 7.86. The Labute approximate surface area is 126 Å². The Hall–Kier alpha value is -0.700. The number of nitrogens with one attached hydrogen (secondary N) is 1. The Morgan fingerprint density at radius 1 is 1.38 bits per heavy atom. The maximum absolute atomic E-state index is 12.7. The molecule has 2 aliphatic rings. The highest BCUT2D eigenvalue weighted by Gasteiger charge is 2.41. The summed E-state index contributed by atoms with van der Waals surface area (Å²) in [5.41, 5.74) is 0. The van der Waals surface area contributed by atoms with Crippen LogP contribution in [0.1, 0.15) is 32.6 Å². The van der Waals surface area contributed by atoms with Gasteiger partial charge in [-0.3, -0.25) is 4.79 Å². The van der Waals surface area contributed by atoms with Gasteiger partial charge in [0.1, 0.15) is 6.04 Å². The number of esters is 1. The summed E-state index contributed by atoms with van der Waals surface area (Å²) in [5, 5.41) is 3.29. The van der Waals surface area contributed by atoms with E-state index in [2.05, 4.69) is 5.32 Å². The van der Waals surface area contributed by atoms with Crippen molar-refractivity contribution in [2.45, 2.75) is 44.7 Å². The highest BCUT2D eigenvalue weighted by Crippen LogP contribution is 2.24. The molecule has 0 aromatic heterocycles. The van der Waals surface area contributed by atoms with Gasteiger partial charge < -0.3 is 10.1 Å². The molecule has 2 unspecified atom stereocenters. The second kappa shape index (κ2) is 7.04. The van der Waals surface area contributed by atoms with Gasteiger partial charge in [0.05, 0.1) is 6.61 Å². The van der Waals surface area contributed by atoms with Gasteiger partial charge in [0.2, 0.25) is 0 Å². The van der Waals surface area contributed by atoms with Crippen molar-refractivity contribution < 1.29 is 17.9 Å². The van der Waals surface area contributed by atoms with E-state index in [1.54, 1.807) is 14.0 Å². The maximum atomic E-state index is 12.7. The largest absolute Gasteiger partial charge is 0.465 e. The van der Waals surface area contributed by atoms with Crippen LogP contribution in [0.4, 0.5) is 0 Å². The highest BCUT2D eigenvalue weighted by atomic mass is 32.2. The topological polar surface area (TPSA) is 79.0 Å². The maximum Gasteiger partial charge on any atom is 0.324 e. The molecule has 0 bridgehead atoms. The molecule has 0 aromatic rings. The third-order valence-corrected chi connectivity index (χ3v) is 6.06. The number of carbonyl (C=O) groups is 1. The Balaban J connectivity index is 2.04. The van der Waals surface area contributed by atoms with Crippen molar-refractivity contribution in [3.63, 3.8) is 0 Å². The summed E-state index contributed by atoms with van der Waals surface area (Å²) in [6.45, 7) is 3.75. The molecule has 122 valence electrons. The molecule has 21 heavy (non-hydrogen) atoms. The zero-order valence-corrected chi connectivity index (χ0v) is 13.6. The lowest BCUT2D eigenvalue weighted by Crippen LogP contribution is -2.50. The van der Waals surface area contributed by atoms with Crippen molar-refractivity contribution >= 4 is 16.2 Å². The van der Waals surface area contributed by atoms with Gasteiger partial charge in [0, 0.05) is 26.2 Å². The average Bonchev–Trinajstić information content (AvgIpc) is 3.09. The normalized spacial score (nSPS) is 27.4. The van der Waals surface area contributed by atoms with Crippen molar-refractivity contribution in [2.24, 2.45) is 0 Å². The molecule has 0 aliphatic carbocycles. The molecule has 0 radical (unpaired) electrons. The van der Waals surface area contributed by atoms with Crippen molar-refractivity contribution in [3.05, 3.63) is 0 Å². The van der Waals surface area contributed by atoms with Crippen molar-refractivity contribution in [3.8, 4) is 0 Å². The van der Waals surface area contributed by atoms with E-state index in [0.717, 1.165) is 19.4 Å². The summed E-state index contributed by atoms with van der Waals surface area (Å²) in [6, 6.07) is -0.470. The van der Waals surface area contributed by atoms with E-state index in [1.807, 2.05) is 0 Å². The Morgan fingerprint density at radius 2 is 2.14 bits per heavy atom. The molecule has 2 atom stereocenters. The third kappa shape index (κ3) is 3.74. The van der Waals surface area contributed by atoms with Gasteiger partial charge in [0.25, 0.3) is 10.2 Å². The summed E-state index contributed by atoms with van der Waals surface area (Å²) in [6.07, 6.45) is 3.29. The second-order valence-electron chi connectivity index (χ2n) is 5.60. The van der Waals surface area contributed by atoms with Gasteiger partial charge >= 0.3 is 5.97 Å². The minimum absolute atomic E-state index is 0.202. The number of carbonyl (C=O) groups excluding carboxylic acids is 1. The Morgan fingerprint density at radius 3 is 2.76 bits per heavy atom. The van der Waals surface area contributed by atoms with Crippen LogP contribution in [0.25, 0.3) is 0 Å². The third-order valence-electron chi connectivity index (χ3n) is 4.09. The standard InChI is InChI=1S/C13H25N3O4S/c1-3-20-13(17)12-7-5-9-16(12)21(18,19)15(2)10-11-6-4-8-14-11/h11-12,14H,3-10H2,1-2H3. The van der Waals surface area contributed by atoms with E-state index >= 15 is 0 Å². The quantitative estimate of drug-likeness (QED) is 0.694. The van der Waals surface area contributed by atoms with Crippen LogP contribution in [0.5, 0.6) is 0 Å². The van der Waals surface area contributed by atoms with Crippen molar-refractivity contribution in [1.82, 2.24) is 13.9 Å². The van der Waals surface area contributed by atoms with Crippen LogP contribution >= 0.6 is 0 Å². The van der Waals surface area contributed by atoms with Crippen LogP contribution in [0.15, 0.2) is 0 Å². The van der Waals surface area contributed by atoms with E-state index in [-0.39, 0.29) is 12.6 Å². The molecule has 2 aliphatic heterocycles. The van der Waals surface area contributed by atoms with Crippen LogP contribution in [0, 0.1) is 0 Å². The molecule has 2 fully saturated rings. The van der Waals surface area contributed by atoms with Crippen LogP contribution < -0.4 is 5.32 Å². The monoisotopic (exact) mass is 319 g/mol. The first-order valence-corrected chi connectivity index (χ1v) is 8.99. The predicted octanol–water partition coefficient (Wildman–Crippen LogP) is -0.0575. The SMILES string of the molecule is CCOC(=O)C1CCCN1S(=O)(=O)N(C)CC1CCCN1. The molecule has 0 aromatic carbocycles. The van der Waals surface area contributed by atoms with Crippen LogP contribution in [0.2, 0.25) is 0 Å². The fourth-order valence-electron chi connectivity index (χ4n) is 2.99. The first-order chi connectivity index (χ1) is 9.96. The first-order valence-electron chi connectivity index (χ1n) is 7.60. The van der Waals surface area contributed by atoms with Gasteiger partial charge in [-0.25, -0.2) is 0 Å². The average molecular weight is 319 g/mol. The summed E-state index contributed by atoms with van der Waals surface area (Å²) in [7, 11) is -2.03. The number of ether oxygens (including phenoxy) is 1. The van der Waals surface area contributed by atoms with Crippen molar-refractivity contribution in [1.29, 1.82) is 0 Å². The second-order valence-corrected chi connectivity index (χ2v) is 7.59. The van der Waals surface area contributed by atoms with Gasteiger partial charge in [-0.05, 0) is 39.2 Å². The Kier molecular flexibility index (Phi) is 5.59. The molecule has 7 nitrogen and oxygen atoms in total. The molecule has 1 N–H and O–H groups in total. The summed E-state index contributed by atoms with van der Waals surface area (Å²) >= 11 is 0.